The lowest BCUT2D eigenvalue weighted by Gasteiger charge is -2.24. The molecule has 0 aromatic rings. The molecule has 0 spiro atoms. The highest BCUT2D eigenvalue weighted by Crippen LogP contribution is 2.36. The van der Waals surface area contributed by atoms with Crippen molar-refractivity contribution < 1.29 is 13.2 Å². The molecule has 0 saturated carbocycles. The van der Waals surface area contributed by atoms with Crippen LogP contribution in [0.25, 0.3) is 0 Å². The lowest BCUT2D eigenvalue weighted by molar-refractivity contribution is -0.178. The minimum atomic E-state index is -4.00. The summed E-state index contributed by atoms with van der Waals surface area (Å²) >= 11 is 0. The lowest BCUT2D eigenvalue weighted by Crippen LogP contribution is -2.25. The minimum absolute atomic E-state index is 0.0791. The van der Waals surface area contributed by atoms with Crippen LogP contribution in [0.2, 0.25) is 0 Å². The van der Waals surface area contributed by atoms with E-state index in [4.69, 9.17) is 0 Å². The normalized spacial score (nSPS) is 32.4. The van der Waals surface area contributed by atoms with Crippen LogP contribution in [0.1, 0.15) is 19.8 Å². The molecule has 2 unspecified atom stereocenters. The maximum atomic E-state index is 12.1. The van der Waals surface area contributed by atoms with Crippen molar-refractivity contribution in [3.8, 4) is 0 Å². The zero-order chi connectivity index (χ0) is 8.48. The van der Waals surface area contributed by atoms with Gasteiger partial charge in [0.05, 0.1) is 5.92 Å². The van der Waals surface area contributed by atoms with Gasteiger partial charge in [0.1, 0.15) is 0 Å². The number of halogens is 3. The number of alkyl halides is 3. The third-order valence-electron chi connectivity index (χ3n) is 2.00. The van der Waals surface area contributed by atoms with E-state index in [2.05, 4.69) is 0 Å². The average molecular weight is 164 g/mol. The monoisotopic (exact) mass is 164 g/mol. The molecule has 0 aliphatic heterocycles. The molecule has 64 valence electrons. The van der Waals surface area contributed by atoms with Crippen molar-refractivity contribution in [1.82, 2.24) is 0 Å². The zero-order valence-corrected chi connectivity index (χ0v) is 6.36. The maximum absolute atomic E-state index is 12.1. The second kappa shape index (κ2) is 2.88. The van der Waals surface area contributed by atoms with Crippen LogP contribution in [-0.4, -0.2) is 6.18 Å². The van der Waals surface area contributed by atoms with Crippen molar-refractivity contribution in [3.63, 3.8) is 0 Å². The topological polar surface area (TPSA) is 0 Å². The molecule has 11 heavy (non-hydrogen) atoms. The van der Waals surface area contributed by atoms with Gasteiger partial charge in [-0.3, -0.25) is 0 Å². The van der Waals surface area contributed by atoms with Crippen LogP contribution in [-0.2, 0) is 0 Å². The quantitative estimate of drug-likeness (QED) is 0.482. The zero-order valence-electron chi connectivity index (χ0n) is 6.36. The summed E-state index contributed by atoms with van der Waals surface area (Å²) in [6.07, 6.45) is -0.110. The number of allylic oxidation sites excluding steroid dienone is 2. The molecule has 0 saturated heterocycles. The van der Waals surface area contributed by atoms with Crippen LogP contribution < -0.4 is 0 Å². The molecule has 0 radical (unpaired) electrons. The third-order valence-corrected chi connectivity index (χ3v) is 2.00. The van der Waals surface area contributed by atoms with Crippen LogP contribution in [0, 0.1) is 11.8 Å². The van der Waals surface area contributed by atoms with Crippen LogP contribution >= 0.6 is 0 Å². The first-order valence-corrected chi connectivity index (χ1v) is 3.73. The summed E-state index contributed by atoms with van der Waals surface area (Å²) in [6.45, 7) is 1.81. The molecule has 0 aromatic carbocycles. The van der Waals surface area contributed by atoms with Crippen LogP contribution in [0.3, 0.4) is 0 Å². The Morgan fingerprint density at radius 1 is 1.36 bits per heavy atom. The predicted molar refractivity (Wildman–Crippen MR) is 37.1 cm³/mol. The molecule has 0 amide bonds. The second-order valence-electron chi connectivity index (χ2n) is 3.12. The molecule has 0 aromatic heterocycles. The second-order valence-corrected chi connectivity index (χ2v) is 3.12. The van der Waals surface area contributed by atoms with Gasteiger partial charge in [-0.1, -0.05) is 19.1 Å². The minimum Gasteiger partial charge on any atom is -0.171 e. The fourth-order valence-electron chi connectivity index (χ4n) is 1.37. The molecule has 0 N–H and O–H groups in total. The van der Waals surface area contributed by atoms with Gasteiger partial charge in [0, 0.05) is 0 Å². The number of rotatable bonds is 0. The summed E-state index contributed by atoms with van der Waals surface area (Å²) in [5.74, 6) is -1.03. The Hall–Kier alpha value is -0.470. The van der Waals surface area contributed by atoms with E-state index in [1.165, 1.54) is 0 Å². The van der Waals surface area contributed by atoms with E-state index in [0.717, 1.165) is 0 Å². The molecule has 1 aliphatic rings. The lowest BCUT2D eigenvalue weighted by atomic mass is 9.87. The highest BCUT2D eigenvalue weighted by atomic mass is 19.4. The number of hydrogen-bond acceptors (Lipinski definition) is 0. The van der Waals surface area contributed by atoms with Crippen molar-refractivity contribution in [2.24, 2.45) is 11.8 Å². The standard InChI is InChI=1S/C8H11F3/c1-6-3-2-4-7(5-6)8(9,10)11/h2-3,6-7H,4-5H2,1H3. The van der Waals surface area contributed by atoms with Gasteiger partial charge in [-0.25, -0.2) is 0 Å². The molecular weight excluding hydrogens is 153 g/mol. The van der Waals surface area contributed by atoms with Crippen LogP contribution in [0.4, 0.5) is 13.2 Å². The molecule has 3 heteroatoms. The summed E-state index contributed by atoms with van der Waals surface area (Å²) in [6, 6.07) is 0. The third kappa shape index (κ3) is 2.24. The van der Waals surface area contributed by atoms with Crippen molar-refractivity contribution in [1.29, 1.82) is 0 Å². The Bertz CT molecular complexity index is 157. The first-order valence-electron chi connectivity index (χ1n) is 3.73. The average Bonchev–Trinajstić information content (AvgIpc) is 1.86. The van der Waals surface area contributed by atoms with Gasteiger partial charge < -0.3 is 0 Å². The Labute approximate surface area is 64.1 Å². The fraction of sp³-hybridized carbons (Fsp3) is 0.750. The van der Waals surface area contributed by atoms with Crippen LogP contribution in [0.15, 0.2) is 12.2 Å². The summed E-state index contributed by atoms with van der Waals surface area (Å²) < 4.78 is 36.2. The van der Waals surface area contributed by atoms with E-state index >= 15 is 0 Å². The molecule has 2 atom stereocenters. The van der Waals surface area contributed by atoms with Crippen molar-refractivity contribution in [2.75, 3.05) is 0 Å². The van der Waals surface area contributed by atoms with Gasteiger partial charge in [-0.15, -0.1) is 0 Å². The highest BCUT2D eigenvalue weighted by molar-refractivity contribution is 4.96. The Morgan fingerprint density at radius 3 is 2.36 bits per heavy atom. The van der Waals surface area contributed by atoms with Crippen molar-refractivity contribution in [3.05, 3.63) is 12.2 Å². The summed E-state index contributed by atoms with van der Waals surface area (Å²) in [7, 11) is 0. The number of hydrogen-bond donors (Lipinski definition) is 0. The molecule has 0 heterocycles. The molecule has 1 rings (SSSR count). The van der Waals surface area contributed by atoms with Gasteiger partial charge in [0.2, 0.25) is 0 Å². The highest BCUT2D eigenvalue weighted by Gasteiger charge is 2.39. The Kier molecular flexibility index (Phi) is 2.25. The molecule has 0 nitrogen and oxygen atoms in total. The smallest absolute Gasteiger partial charge is 0.171 e. The summed E-state index contributed by atoms with van der Waals surface area (Å²) in [5.41, 5.74) is 0. The van der Waals surface area contributed by atoms with Crippen molar-refractivity contribution in [2.45, 2.75) is 25.9 Å². The van der Waals surface area contributed by atoms with Gasteiger partial charge in [0.25, 0.3) is 0 Å². The largest absolute Gasteiger partial charge is 0.392 e. The Morgan fingerprint density at radius 2 is 2.00 bits per heavy atom. The van der Waals surface area contributed by atoms with E-state index in [1.54, 1.807) is 6.08 Å². The Balaban J connectivity index is 2.57. The van der Waals surface area contributed by atoms with Crippen LogP contribution in [0.5, 0.6) is 0 Å². The van der Waals surface area contributed by atoms with Gasteiger partial charge in [-0.2, -0.15) is 13.2 Å². The van der Waals surface area contributed by atoms with E-state index in [9.17, 15) is 13.2 Å². The van der Waals surface area contributed by atoms with E-state index in [1.807, 2.05) is 13.0 Å². The molecule has 1 aliphatic carbocycles. The first kappa shape index (κ1) is 8.62. The summed E-state index contributed by atoms with van der Waals surface area (Å²) in [4.78, 5) is 0. The summed E-state index contributed by atoms with van der Waals surface area (Å²) in [5, 5.41) is 0. The van der Waals surface area contributed by atoms with Gasteiger partial charge >= 0.3 is 6.18 Å². The first-order chi connectivity index (χ1) is 5.00. The molecular formula is C8H11F3. The maximum Gasteiger partial charge on any atom is 0.392 e. The SMILES string of the molecule is CC1C=CCC(C(F)(F)F)C1. The van der Waals surface area contributed by atoms with E-state index in [0.29, 0.717) is 0 Å². The fourth-order valence-corrected chi connectivity index (χ4v) is 1.37. The van der Waals surface area contributed by atoms with E-state index in [-0.39, 0.29) is 18.8 Å². The van der Waals surface area contributed by atoms with Crippen molar-refractivity contribution >= 4 is 0 Å². The molecule has 0 fully saturated rings. The predicted octanol–water partition coefficient (Wildman–Crippen LogP) is 3.15. The van der Waals surface area contributed by atoms with Gasteiger partial charge in [0.15, 0.2) is 0 Å². The van der Waals surface area contributed by atoms with Gasteiger partial charge in [-0.05, 0) is 18.8 Å². The van der Waals surface area contributed by atoms with E-state index < -0.39 is 12.1 Å². The molecule has 0 bridgehead atoms.